The Kier molecular flexibility index (Phi) is 5.27. The maximum absolute atomic E-state index is 6.18. The van der Waals surface area contributed by atoms with E-state index < -0.39 is 0 Å². The first kappa shape index (κ1) is 15.9. The van der Waals surface area contributed by atoms with Crippen LogP contribution in [0, 0.1) is 0 Å². The lowest BCUT2D eigenvalue weighted by molar-refractivity contribution is 0.109. The topological polar surface area (TPSA) is 21.3 Å². The summed E-state index contributed by atoms with van der Waals surface area (Å²) >= 11 is 6.15. The lowest BCUT2D eigenvalue weighted by atomic mass is 10.0. The van der Waals surface area contributed by atoms with Crippen molar-refractivity contribution >= 4 is 11.6 Å². The van der Waals surface area contributed by atoms with Crippen molar-refractivity contribution in [1.82, 2.24) is 5.32 Å². The van der Waals surface area contributed by atoms with Gasteiger partial charge in [0.25, 0.3) is 0 Å². The Morgan fingerprint density at radius 1 is 1.10 bits per heavy atom. The number of hydrogen-bond acceptors (Lipinski definition) is 2. The summed E-state index contributed by atoms with van der Waals surface area (Å²) in [6.45, 7) is 4.93. The standard InChI is InChI=1S/C18H22ClNO/c1-18(2,13-20-3)21-17-10-9-16(19)12-15(17)11-14-7-5-4-6-8-14/h4-10,12,20H,11,13H2,1-3H3. The third-order valence-corrected chi connectivity index (χ3v) is 3.48. The molecule has 2 rings (SSSR count). The van der Waals surface area contributed by atoms with Crippen LogP contribution in [0.1, 0.15) is 25.0 Å². The zero-order valence-electron chi connectivity index (χ0n) is 12.8. The van der Waals surface area contributed by atoms with Gasteiger partial charge in [-0.3, -0.25) is 0 Å². The summed E-state index contributed by atoms with van der Waals surface area (Å²) in [6.07, 6.45) is 0.812. The summed E-state index contributed by atoms with van der Waals surface area (Å²) in [4.78, 5) is 0. The zero-order chi connectivity index (χ0) is 15.3. The molecule has 0 aliphatic carbocycles. The fourth-order valence-electron chi connectivity index (χ4n) is 2.36. The van der Waals surface area contributed by atoms with Crippen LogP contribution in [0.5, 0.6) is 5.75 Å². The van der Waals surface area contributed by atoms with Gasteiger partial charge >= 0.3 is 0 Å². The monoisotopic (exact) mass is 303 g/mol. The molecule has 1 N–H and O–H groups in total. The smallest absolute Gasteiger partial charge is 0.123 e. The highest BCUT2D eigenvalue weighted by Crippen LogP contribution is 2.28. The average molecular weight is 304 g/mol. The van der Waals surface area contributed by atoms with Gasteiger partial charge in [-0.1, -0.05) is 41.9 Å². The van der Waals surface area contributed by atoms with Gasteiger partial charge < -0.3 is 10.1 Å². The Labute approximate surface area is 132 Å². The van der Waals surface area contributed by atoms with Crippen molar-refractivity contribution in [2.24, 2.45) is 0 Å². The van der Waals surface area contributed by atoms with E-state index in [1.807, 2.05) is 43.4 Å². The Morgan fingerprint density at radius 2 is 1.81 bits per heavy atom. The first-order valence-corrected chi connectivity index (χ1v) is 7.54. The predicted octanol–water partition coefficient (Wildman–Crippen LogP) is 4.31. The minimum Gasteiger partial charge on any atom is -0.486 e. The van der Waals surface area contributed by atoms with Gasteiger partial charge in [0.05, 0.1) is 0 Å². The van der Waals surface area contributed by atoms with E-state index in [0.717, 1.165) is 29.3 Å². The maximum Gasteiger partial charge on any atom is 0.123 e. The summed E-state index contributed by atoms with van der Waals surface area (Å²) in [5, 5.41) is 3.89. The van der Waals surface area contributed by atoms with Gasteiger partial charge in [0.1, 0.15) is 11.4 Å². The van der Waals surface area contributed by atoms with Crippen molar-refractivity contribution < 1.29 is 4.74 Å². The highest BCUT2D eigenvalue weighted by molar-refractivity contribution is 6.30. The molecule has 0 spiro atoms. The second-order valence-electron chi connectivity index (χ2n) is 5.81. The molecule has 0 bridgehead atoms. The molecule has 0 unspecified atom stereocenters. The third-order valence-electron chi connectivity index (χ3n) is 3.25. The minimum absolute atomic E-state index is 0.270. The first-order valence-electron chi connectivity index (χ1n) is 7.16. The predicted molar refractivity (Wildman–Crippen MR) is 89.3 cm³/mol. The molecule has 0 atom stereocenters. The van der Waals surface area contributed by atoms with Crippen LogP contribution >= 0.6 is 11.6 Å². The van der Waals surface area contributed by atoms with Crippen LogP contribution in [0.25, 0.3) is 0 Å². The van der Waals surface area contributed by atoms with E-state index in [9.17, 15) is 0 Å². The molecule has 0 aromatic heterocycles. The fraction of sp³-hybridized carbons (Fsp3) is 0.333. The molecule has 112 valence electrons. The van der Waals surface area contributed by atoms with Gasteiger partial charge in [-0.05, 0) is 44.7 Å². The summed E-state index contributed by atoms with van der Waals surface area (Å²) < 4.78 is 6.18. The quantitative estimate of drug-likeness (QED) is 0.858. The molecule has 0 aliphatic heterocycles. The van der Waals surface area contributed by atoms with E-state index in [1.165, 1.54) is 5.56 Å². The molecule has 0 heterocycles. The number of benzene rings is 2. The molecule has 21 heavy (non-hydrogen) atoms. The Balaban J connectivity index is 2.25. The van der Waals surface area contributed by atoms with Crippen molar-refractivity contribution in [3.05, 3.63) is 64.7 Å². The van der Waals surface area contributed by atoms with Gasteiger partial charge in [-0.25, -0.2) is 0 Å². The van der Waals surface area contributed by atoms with Crippen LogP contribution < -0.4 is 10.1 Å². The van der Waals surface area contributed by atoms with Crippen LogP contribution in [0.2, 0.25) is 5.02 Å². The Morgan fingerprint density at radius 3 is 2.48 bits per heavy atom. The van der Waals surface area contributed by atoms with Gasteiger partial charge in [0.2, 0.25) is 0 Å². The van der Waals surface area contributed by atoms with Crippen molar-refractivity contribution in [1.29, 1.82) is 0 Å². The van der Waals surface area contributed by atoms with E-state index in [0.29, 0.717) is 0 Å². The lowest BCUT2D eigenvalue weighted by Gasteiger charge is -2.27. The first-order chi connectivity index (χ1) is 10.00. The van der Waals surface area contributed by atoms with Gasteiger partial charge in [0, 0.05) is 23.6 Å². The van der Waals surface area contributed by atoms with Crippen molar-refractivity contribution in [3.8, 4) is 5.75 Å². The van der Waals surface area contributed by atoms with Gasteiger partial charge in [-0.2, -0.15) is 0 Å². The van der Waals surface area contributed by atoms with E-state index in [2.05, 4.69) is 31.3 Å². The number of ether oxygens (including phenoxy) is 1. The molecular formula is C18H22ClNO. The fourth-order valence-corrected chi connectivity index (χ4v) is 2.56. The highest BCUT2D eigenvalue weighted by atomic mass is 35.5. The zero-order valence-corrected chi connectivity index (χ0v) is 13.6. The Hall–Kier alpha value is -1.51. The van der Waals surface area contributed by atoms with Crippen LogP contribution in [-0.2, 0) is 6.42 Å². The highest BCUT2D eigenvalue weighted by Gasteiger charge is 2.20. The largest absolute Gasteiger partial charge is 0.486 e. The van der Waals surface area contributed by atoms with E-state index in [1.54, 1.807) is 0 Å². The number of hydrogen-bond donors (Lipinski definition) is 1. The second-order valence-corrected chi connectivity index (χ2v) is 6.24. The summed E-state index contributed by atoms with van der Waals surface area (Å²) in [7, 11) is 1.93. The summed E-state index contributed by atoms with van der Waals surface area (Å²) in [5.41, 5.74) is 2.09. The maximum atomic E-state index is 6.18. The number of nitrogens with one attached hydrogen (secondary N) is 1. The van der Waals surface area contributed by atoms with Crippen LogP contribution in [0.3, 0.4) is 0 Å². The molecule has 3 heteroatoms. The van der Waals surface area contributed by atoms with Crippen LogP contribution in [0.15, 0.2) is 48.5 Å². The Bertz CT molecular complexity index is 581. The number of likely N-dealkylation sites (N-methyl/N-ethyl adjacent to an activating group) is 1. The molecule has 2 aromatic rings. The van der Waals surface area contributed by atoms with E-state index in [-0.39, 0.29) is 5.60 Å². The van der Waals surface area contributed by atoms with Crippen molar-refractivity contribution in [2.45, 2.75) is 25.9 Å². The molecule has 0 aliphatic rings. The van der Waals surface area contributed by atoms with Crippen molar-refractivity contribution in [3.63, 3.8) is 0 Å². The lowest BCUT2D eigenvalue weighted by Crippen LogP contribution is -2.39. The van der Waals surface area contributed by atoms with Crippen LogP contribution in [0.4, 0.5) is 0 Å². The summed E-state index contributed by atoms with van der Waals surface area (Å²) in [6, 6.07) is 16.2. The number of rotatable bonds is 6. The van der Waals surface area contributed by atoms with Crippen molar-refractivity contribution in [2.75, 3.05) is 13.6 Å². The average Bonchev–Trinajstić information content (AvgIpc) is 2.43. The van der Waals surface area contributed by atoms with Crippen LogP contribution in [-0.4, -0.2) is 19.2 Å². The van der Waals surface area contributed by atoms with E-state index in [4.69, 9.17) is 16.3 Å². The SMILES string of the molecule is CNCC(C)(C)Oc1ccc(Cl)cc1Cc1ccccc1. The van der Waals surface area contributed by atoms with Gasteiger partial charge in [0.15, 0.2) is 0 Å². The molecule has 0 saturated carbocycles. The summed E-state index contributed by atoms with van der Waals surface area (Å²) in [5.74, 6) is 0.892. The second kappa shape index (κ2) is 6.97. The van der Waals surface area contributed by atoms with E-state index >= 15 is 0 Å². The minimum atomic E-state index is -0.270. The molecule has 2 aromatic carbocycles. The molecule has 0 amide bonds. The van der Waals surface area contributed by atoms with Gasteiger partial charge in [-0.15, -0.1) is 0 Å². The molecule has 0 saturated heterocycles. The third kappa shape index (κ3) is 4.76. The number of halogens is 1. The molecule has 2 nitrogen and oxygen atoms in total. The molecular weight excluding hydrogens is 282 g/mol. The molecule has 0 radical (unpaired) electrons. The molecule has 0 fully saturated rings. The normalized spacial score (nSPS) is 11.4.